The lowest BCUT2D eigenvalue weighted by Crippen LogP contribution is -2.43. The first-order chi connectivity index (χ1) is 12.6. The molecule has 7 heteroatoms. The van der Waals surface area contributed by atoms with E-state index in [1.807, 2.05) is 0 Å². The fraction of sp³-hybridized carbons (Fsp3) is 0.316. The van der Waals surface area contributed by atoms with E-state index in [2.05, 4.69) is 5.32 Å². The molecule has 1 N–H and O–H groups in total. The highest BCUT2D eigenvalue weighted by atomic mass is 19.1. The molecular weight excluding hydrogens is 339 g/mol. The highest BCUT2D eigenvalue weighted by molar-refractivity contribution is 6.11. The molecule has 1 aliphatic heterocycles. The molecule has 1 saturated heterocycles. The SMILES string of the molecule is O=C(NC[C@@H]1CCCO1)[C@H](C(=O)c1ccc(F)cc1)n1ccccc1=O. The molecule has 1 aliphatic rings. The molecule has 2 atom stereocenters. The average molecular weight is 358 g/mol. The van der Waals surface area contributed by atoms with Crippen LogP contribution in [0.3, 0.4) is 0 Å². The van der Waals surface area contributed by atoms with Crippen LogP contribution in [-0.4, -0.2) is 35.5 Å². The highest BCUT2D eigenvalue weighted by Crippen LogP contribution is 2.16. The number of carbonyl (C=O) groups is 2. The molecule has 1 aromatic heterocycles. The molecule has 0 bridgehead atoms. The van der Waals surface area contributed by atoms with Gasteiger partial charge in [-0.1, -0.05) is 6.07 Å². The van der Waals surface area contributed by atoms with Gasteiger partial charge in [-0.05, 0) is 43.2 Å². The van der Waals surface area contributed by atoms with E-state index in [1.54, 1.807) is 6.07 Å². The predicted molar refractivity (Wildman–Crippen MR) is 92.5 cm³/mol. The number of ketones is 1. The standard InChI is InChI=1S/C19H19FN2O4/c20-14-8-6-13(7-9-14)18(24)17(22-10-2-1-5-16(22)23)19(25)21-12-15-4-3-11-26-15/h1-2,5-10,15,17H,3-4,11-12H2,(H,21,25)/t15-,17-/m0/s1. The Labute approximate surface area is 149 Å². The van der Waals surface area contributed by atoms with Crippen LogP contribution in [-0.2, 0) is 9.53 Å². The van der Waals surface area contributed by atoms with Crippen LogP contribution in [0, 0.1) is 5.82 Å². The third kappa shape index (κ3) is 4.05. The van der Waals surface area contributed by atoms with Gasteiger partial charge in [0.2, 0.25) is 0 Å². The summed E-state index contributed by atoms with van der Waals surface area (Å²) in [5.74, 6) is -1.66. The predicted octanol–water partition coefficient (Wildman–Crippen LogP) is 1.71. The van der Waals surface area contributed by atoms with Gasteiger partial charge in [0.05, 0.1) is 6.10 Å². The van der Waals surface area contributed by atoms with Gasteiger partial charge in [-0.3, -0.25) is 19.0 Å². The van der Waals surface area contributed by atoms with Crippen molar-refractivity contribution >= 4 is 11.7 Å². The zero-order valence-electron chi connectivity index (χ0n) is 14.1. The second-order valence-corrected chi connectivity index (χ2v) is 6.10. The lowest BCUT2D eigenvalue weighted by molar-refractivity contribution is -0.123. The molecule has 136 valence electrons. The topological polar surface area (TPSA) is 77.4 Å². The minimum absolute atomic E-state index is 0.0898. The fourth-order valence-electron chi connectivity index (χ4n) is 2.91. The van der Waals surface area contributed by atoms with E-state index >= 15 is 0 Å². The largest absolute Gasteiger partial charge is 0.376 e. The number of nitrogens with one attached hydrogen (secondary N) is 1. The van der Waals surface area contributed by atoms with Crippen molar-refractivity contribution in [2.45, 2.75) is 25.0 Å². The lowest BCUT2D eigenvalue weighted by atomic mass is 10.0. The Morgan fingerprint density at radius 3 is 2.65 bits per heavy atom. The van der Waals surface area contributed by atoms with E-state index in [1.165, 1.54) is 30.5 Å². The van der Waals surface area contributed by atoms with E-state index in [4.69, 9.17) is 4.74 Å². The summed E-state index contributed by atoms with van der Waals surface area (Å²) < 4.78 is 19.7. The molecule has 0 radical (unpaired) electrons. The summed E-state index contributed by atoms with van der Waals surface area (Å²) in [6.07, 6.45) is 3.06. The number of benzene rings is 1. The molecule has 0 saturated carbocycles. The Bertz CT molecular complexity index is 841. The molecule has 26 heavy (non-hydrogen) atoms. The summed E-state index contributed by atoms with van der Waals surface area (Å²) in [7, 11) is 0. The van der Waals surface area contributed by atoms with Crippen molar-refractivity contribution in [3.8, 4) is 0 Å². The number of carbonyl (C=O) groups excluding carboxylic acids is 2. The van der Waals surface area contributed by atoms with Crippen molar-refractivity contribution in [1.82, 2.24) is 9.88 Å². The van der Waals surface area contributed by atoms with Crippen LogP contribution >= 0.6 is 0 Å². The number of aromatic nitrogens is 1. The third-order valence-electron chi connectivity index (χ3n) is 4.28. The Balaban J connectivity index is 1.87. The number of ether oxygens (including phenoxy) is 1. The normalized spacial score (nSPS) is 17.7. The molecule has 0 spiro atoms. The smallest absolute Gasteiger partial charge is 0.251 e. The maximum atomic E-state index is 13.1. The lowest BCUT2D eigenvalue weighted by Gasteiger charge is -2.19. The van der Waals surface area contributed by atoms with Crippen LogP contribution in [0.4, 0.5) is 4.39 Å². The Morgan fingerprint density at radius 2 is 2.00 bits per heavy atom. The summed E-state index contributed by atoms with van der Waals surface area (Å²) in [6.45, 7) is 0.921. The number of halogens is 1. The van der Waals surface area contributed by atoms with E-state index in [9.17, 15) is 18.8 Å². The van der Waals surface area contributed by atoms with E-state index in [0.29, 0.717) is 6.61 Å². The molecule has 0 unspecified atom stereocenters. The number of hydrogen-bond acceptors (Lipinski definition) is 4. The van der Waals surface area contributed by atoms with Gasteiger partial charge in [-0.2, -0.15) is 0 Å². The number of rotatable bonds is 6. The first-order valence-electron chi connectivity index (χ1n) is 8.42. The van der Waals surface area contributed by atoms with E-state index in [-0.39, 0.29) is 18.2 Å². The molecule has 1 fully saturated rings. The number of hydrogen-bond donors (Lipinski definition) is 1. The first kappa shape index (κ1) is 18.0. The molecule has 2 aromatic rings. The molecule has 0 aliphatic carbocycles. The van der Waals surface area contributed by atoms with Crippen molar-refractivity contribution < 1.29 is 18.7 Å². The maximum absolute atomic E-state index is 13.1. The van der Waals surface area contributed by atoms with E-state index in [0.717, 1.165) is 29.5 Å². The van der Waals surface area contributed by atoms with Crippen molar-refractivity contribution in [1.29, 1.82) is 0 Å². The number of amides is 1. The van der Waals surface area contributed by atoms with Crippen LogP contribution in [0.1, 0.15) is 29.2 Å². The molecule has 6 nitrogen and oxygen atoms in total. The van der Waals surface area contributed by atoms with Gasteiger partial charge < -0.3 is 10.1 Å². The van der Waals surface area contributed by atoms with Crippen molar-refractivity contribution in [3.63, 3.8) is 0 Å². The summed E-state index contributed by atoms with van der Waals surface area (Å²) in [5.41, 5.74) is -0.320. The minimum atomic E-state index is -1.37. The van der Waals surface area contributed by atoms with Gasteiger partial charge in [0.25, 0.3) is 11.5 Å². The van der Waals surface area contributed by atoms with Gasteiger partial charge in [-0.25, -0.2) is 4.39 Å². The van der Waals surface area contributed by atoms with Crippen LogP contribution in [0.5, 0.6) is 0 Å². The Morgan fingerprint density at radius 1 is 1.23 bits per heavy atom. The van der Waals surface area contributed by atoms with Gasteiger partial charge in [-0.15, -0.1) is 0 Å². The maximum Gasteiger partial charge on any atom is 0.251 e. The highest BCUT2D eigenvalue weighted by Gasteiger charge is 2.30. The van der Waals surface area contributed by atoms with Crippen LogP contribution in [0.25, 0.3) is 0 Å². The van der Waals surface area contributed by atoms with E-state index < -0.39 is 29.1 Å². The van der Waals surface area contributed by atoms with Crippen LogP contribution < -0.4 is 10.9 Å². The number of nitrogens with zero attached hydrogens (tertiary/aromatic N) is 1. The van der Waals surface area contributed by atoms with Crippen molar-refractivity contribution in [2.75, 3.05) is 13.2 Å². The van der Waals surface area contributed by atoms with Crippen molar-refractivity contribution in [3.05, 3.63) is 70.4 Å². The summed E-state index contributed by atoms with van der Waals surface area (Å²) in [6, 6.07) is 7.89. The monoisotopic (exact) mass is 358 g/mol. The van der Waals surface area contributed by atoms with Gasteiger partial charge >= 0.3 is 0 Å². The fourth-order valence-corrected chi connectivity index (χ4v) is 2.91. The molecule has 2 heterocycles. The Hall–Kier alpha value is -2.80. The number of pyridine rings is 1. The quantitative estimate of drug-likeness (QED) is 0.630. The third-order valence-corrected chi connectivity index (χ3v) is 4.28. The van der Waals surface area contributed by atoms with Gasteiger partial charge in [0, 0.05) is 31.0 Å². The van der Waals surface area contributed by atoms with Crippen LogP contribution in [0.15, 0.2) is 53.5 Å². The molecule has 1 amide bonds. The summed E-state index contributed by atoms with van der Waals surface area (Å²) >= 11 is 0. The number of Topliss-reactive ketones (excluding diaryl/α,β-unsaturated/α-hetero) is 1. The van der Waals surface area contributed by atoms with Crippen LogP contribution in [0.2, 0.25) is 0 Å². The van der Waals surface area contributed by atoms with Crippen molar-refractivity contribution in [2.24, 2.45) is 0 Å². The molecule has 3 rings (SSSR count). The zero-order chi connectivity index (χ0) is 18.5. The molecule has 1 aromatic carbocycles. The minimum Gasteiger partial charge on any atom is -0.376 e. The summed E-state index contributed by atoms with van der Waals surface area (Å²) in [4.78, 5) is 37.7. The second kappa shape index (κ2) is 8.05. The van der Waals surface area contributed by atoms with Gasteiger partial charge in [0.1, 0.15) is 5.82 Å². The first-order valence-corrected chi connectivity index (χ1v) is 8.42. The summed E-state index contributed by atoms with van der Waals surface area (Å²) in [5, 5.41) is 2.69. The molecular formula is C19H19FN2O4. The Kier molecular flexibility index (Phi) is 5.58. The second-order valence-electron chi connectivity index (χ2n) is 6.10. The zero-order valence-corrected chi connectivity index (χ0v) is 14.1. The average Bonchev–Trinajstić information content (AvgIpc) is 3.16. The van der Waals surface area contributed by atoms with Gasteiger partial charge in [0.15, 0.2) is 11.8 Å².